The number of halogens is 1. The summed E-state index contributed by atoms with van der Waals surface area (Å²) in [6.45, 7) is 3.12. The molecule has 3 N–H and O–H groups in total. The van der Waals surface area contributed by atoms with Gasteiger partial charge >= 0.3 is 0 Å². The number of nitrogens with two attached hydrogens (primary N) is 1. The first kappa shape index (κ1) is 21.2. The number of benzene rings is 2. The number of hydrogen-bond acceptors (Lipinski definition) is 7. The van der Waals surface area contributed by atoms with Crippen LogP contribution in [0, 0.1) is 5.82 Å². The highest BCUT2D eigenvalue weighted by Gasteiger charge is 2.17. The number of nitrogens with one attached hydrogen (secondary N) is 1. The minimum atomic E-state index is -0.457. The quantitative estimate of drug-likeness (QED) is 0.360. The van der Waals surface area contributed by atoms with Gasteiger partial charge in [0.15, 0.2) is 5.82 Å². The van der Waals surface area contributed by atoms with Gasteiger partial charge in [0.25, 0.3) is 0 Å². The summed E-state index contributed by atoms with van der Waals surface area (Å²) in [7, 11) is 0. The van der Waals surface area contributed by atoms with Crippen LogP contribution in [0.1, 0.15) is 18.5 Å². The van der Waals surface area contributed by atoms with Crippen LogP contribution in [-0.4, -0.2) is 31.5 Å². The number of fused-ring (bicyclic) bond motifs is 1. The maximum atomic E-state index is 14.7. The zero-order chi connectivity index (χ0) is 22.8. The topological polar surface area (TPSA) is 94.5 Å². The minimum Gasteiger partial charge on any atom is -0.352 e. The van der Waals surface area contributed by atoms with E-state index in [-0.39, 0.29) is 11.7 Å². The molecule has 33 heavy (non-hydrogen) atoms. The van der Waals surface area contributed by atoms with Crippen LogP contribution in [0.15, 0.2) is 67.1 Å². The molecule has 1 unspecified atom stereocenters. The summed E-state index contributed by atoms with van der Waals surface area (Å²) >= 11 is 1.52. The monoisotopic (exact) mass is 459 g/mol. The first-order chi connectivity index (χ1) is 16.1. The van der Waals surface area contributed by atoms with Crippen LogP contribution < -0.4 is 11.1 Å². The minimum absolute atomic E-state index is 0.0960. The van der Waals surface area contributed by atoms with Gasteiger partial charge in [-0.2, -0.15) is 0 Å². The second kappa shape index (κ2) is 9.05. The smallest absolute Gasteiger partial charge is 0.223 e. The van der Waals surface area contributed by atoms with Gasteiger partial charge < -0.3 is 11.1 Å². The molecular weight excluding hydrogens is 437 g/mol. The molecule has 9 heteroatoms. The third-order valence-electron chi connectivity index (χ3n) is 5.36. The SMILES string of the molecule is CC(N)c1ccccc1-c1cccc2cc(-c3nc(NCCn4ccnn4)ncc3F)sc12. The Hall–Kier alpha value is -3.69. The van der Waals surface area contributed by atoms with E-state index in [9.17, 15) is 4.39 Å². The largest absolute Gasteiger partial charge is 0.352 e. The van der Waals surface area contributed by atoms with Crippen LogP contribution in [0.4, 0.5) is 10.3 Å². The van der Waals surface area contributed by atoms with E-state index in [0.717, 1.165) is 31.7 Å². The summed E-state index contributed by atoms with van der Waals surface area (Å²) in [5.74, 6) is -0.0904. The number of anilines is 1. The Morgan fingerprint density at radius 2 is 2.00 bits per heavy atom. The standard InChI is InChI=1S/C24H22FN7S/c1-15(26)17-6-2-3-7-18(17)19-8-4-5-16-13-21(33-23(16)19)22-20(25)14-28-24(30-22)27-9-11-32-12-10-29-31-32/h2-8,10,12-15H,9,11,26H2,1H3,(H,27,28,30). The molecular formula is C24H22FN7S. The van der Waals surface area contributed by atoms with Crippen molar-refractivity contribution < 1.29 is 4.39 Å². The van der Waals surface area contributed by atoms with Gasteiger partial charge in [-0.1, -0.05) is 47.7 Å². The van der Waals surface area contributed by atoms with E-state index in [1.165, 1.54) is 17.5 Å². The van der Waals surface area contributed by atoms with Crippen molar-refractivity contribution in [3.05, 3.63) is 78.5 Å². The molecule has 0 saturated heterocycles. The Kier molecular flexibility index (Phi) is 5.80. The molecule has 0 bridgehead atoms. The van der Waals surface area contributed by atoms with Crippen molar-refractivity contribution >= 4 is 27.4 Å². The van der Waals surface area contributed by atoms with Crippen molar-refractivity contribution in [1.29, 1.82) is 0 Å². The lowest BCUT2D eigenvalue weighted by Crippen LogP contribution is -2.13. The van der Waals surface area contributed by atoms with Gasteiger partial charge in [-0.25, -0.2) is 14.4 Å². The molecule has 0 saturated carbocycles. The van der Waals surface area contributed by atoms with Crippen LogP contribution in [0.5, 0.6) is 0 Å². The second-order valence-electron chi connectivity index (χ2n) is 7.69. The summed E-state index contributed by atoms with van der Waals surface area (Å²) in [4.78, 5) is 9.28. The van der Waals surface area contributed by atoms with Gasteiger partial charge in [-0.15, -0.1) is 16.4 Å². The predicted molar refractivity (Wildman–Crippen MR) is 129 cm³/mol. The molecule has 166 valence electrons. The first-order valence-electron chi connectivity index (χ1n) is 10.6. The predicted octanol–water partition coefficient (Wildman–Crippen LogP) is 4.89. The van der Waals surface area contributed by atoms with Crippen molar-refractivity contribution in [2.45, 2.75) is 19.5 Å². The van der Waals surface area contributed by atoms with E-state index < -0.39 is 5.82 Å². The molecule has 0 aliphatic carbocycles. The Balaban J connectivity index is 1.49. The average molecular weight is 460 g/mol. The molecule has 0 spiro atoms. The third-order valence-corrected chi connectivity index (χ3v) is 6.55. The van der Waals surface area contributed by atoms with E-state index in [1.807, 2.05) is 37.3 Å². The molecule has 0 radical (unpaired) electrons. The Bertz CT molecular complexity index is 1400. The number of hydrogen-bond donors (Lipinski definition) is 2. The molecule has 0 aliphatic rings. The number of thiophene rings is 1. The van der Waals surface area contributed by atoms with Gasteiger partial charge in [0.2, 0.25) is 5.95 Å². The first-order valence-corrected chi connectivity index (χ1v) is 11.4. The van der Waals surface area contributed by atoms with Gasteiger partial charge in [0.1, 0.15) is 5.69 Å². The normalized spacial score (nSPS) is 12.2. The highest BCUT2D eigenvalue weighted by molar-refractivity contribution is 7.22. The van der Waals surface area contributed by atoms with E-state index in [4.69, 9.17) is 5.73 Å². The van der Waals surface area contributed by atoms with Crippen molar-refractivity contribution in [1.82, 2.24) is 25.0 Å². The highest BCUT2D eigenvalue weighted by Crippen LogP contribution is 2.41. The molecule has 5 rings (SSSR count). The fraction of sp³-hybridized carbons (Fsp3) is 0.167. The fourth-order valence-corrected chi connectivity index (χ4v) is 4.97. The van der Waals surface area contributed by atoms with Crippen molar-refractivity contribution in [3.63, 3.8) is 0 Å². The number of rotatable bonds is 7. The van der Waals surface area contributed by atoms with E-state index >= 15 is 0 Å². The molecule has 3 heterocycles. The molecule has 1 atom stereocenters. The zero-order valence-electron chi connectivity index (χ0n) is 17.9. The number of nitrogens with zero attached hydrogens (tertiary/aromatic N) is 5. The summed E-state index contributed by atoms with van der Waals surface area (Å²) in [5, 5.41) is 11.9. The summed E-state index contributed by atoms with van der Waals surface area (Å²) < 4.78 is 17.5. The Morgan fingerprint density at radius 3 is 2.82 bits per heavy atom. The molecule has 2 aromatic carbocycles. The highest BCUT2D eigenvalue weighted by atomic mass is 32.1. The molecule has 0 aliphatic heterocycles. The molecule has 7 nitrogen and oxygen atoms in total. The number of aromatic nitrogens is 5. The molecule has 5 aromatic rings. The fourth-order valence-electron chi connectivity index (χ4n) is 3.79. The van der Waals surface area contributed by atoms with Crippen LogP contribution in [0.25, 0.3) is 31.8 Å². The lowest BCUT2D eigenvalue weighted by molar-refractivity contribution is 0.604. The Labute approximate surface area is 194 Å². The summed E-state index contributed by atoms with van der Waals surface area (Å²) in [6, 6.07) is 16.1. The van der Waals surface area contributed by atoms with Crippen LogP contribution in [-0.2, 0) is 6.54 Å². The lowest BCUT2D eigenvalue weighted by Gasteiger charge is -2.13. The molecule has 0 fully saturated rings. The molecule has 0 amide bonds. The van der Waals surface area contributed by atoms with Gasteiger partial charge in [-0.05, 0) is 35.1 Å². The zero-order valence-corrected chi connectivity index (χ0v) is 18.8. The van der Waals surface area contributed by atoms with Crippen LogP contribution in [0.2, 0.25) is 0 Å². The van der Waals surface area contributed by atoms with Crippen LogP contribution >= 0.6 is 11.3 Å². The van der Waals surface area contributed by atoms with E-state index in [0.29, 0.717) is 19.0 Å². The second-order valence-corrected chi connectivity index (χ2v) is 8.75. The summed E-state index contributed by atoms with van der Waals surface area (Å²) in [5.41, 5.74) is 9.74. The Morgan fingerprint density at radius 1 is 1.15 bits per heavy atom. The van der Waals surface area contributed by atoms with Crippen LogP contribution in [0.3, 0.4) is 0 Å². The summed E-state index contributed by atoms with van der Waals surface area (Å²) in [6.07, 6.45) is 4.60. The maximum Gasteiger partial charge on any atom is 0.223 e. The van der Waals surface area contributed by atoms with Crippen molar-refractivity contribution in [2.24, 2.45) is 5.73 Å². The third kappa shape index (κ3) is 4.33. The lowest BCUT2D eigenvalue weighted by atomic mass is 9.95. The van der Waals surface area contributed by atoms with E-state index in [2.05, 4.69) is 43.8 Å². The van der Waals surface area contributed by atoms with Crippen molar-refractivity contribution in [3.8, 4) is 21.7 Å². The average Bonchev–Trinajstić information content (AvgIpc) is 3.50. The van der Waals surface area contributed by atoms with Gasteiger partial charge in [0.05, 0.1) is 23.8 Å². The molecule has 3 aromatic heterocycles. The van der Waals surface area contributed by atoms with Crippen molar-refractivity contribution in [2.75, 3.05) is 11.9 Å². The maximum absolute atomic E-state index is 14.7. The van der Waals surface area contributed by atoms with Gasteiger partial charge in [-0.3, -0.25) is 4.68 Å². The van der Waals surface area contributed by atoms with E-state index in [1.54, 1.807) is 17.1 Å². The van der Waals surface area contributed by atoms with Gasteiger partial charge in [0, 0.05) is 23.5 Å².